The minimum Gasteiger partial charge on any atom is -0.329 e. The lowest BCUT2D eigenvalue weighted by Crippen LogP contribution is -2.33. The van der Waals surface area contributed by atoms with Gasteiger partial charge in [-0.15, -0.1) is 11.3 Å². The van der Waals surface area contributed by atoms with Gasteiger partial charge in [-0.05, 0) is 19.8 Å². The molecule has 0 aliphatic rings. The first-order chi connectivity index (χ1) is 6.18. The third kappa shape index (κ3) is 1.92. The summed E-state index contributed by atoms with van der Waals surface area (Å²) in [4.78, 5) is 4.53. The van der Waals surface area contributed by atoms with Gasteiger partial charge in [0.05, 0.1) is 0 Å². The van der Waals surface area contributed by atoms with E-state index in [0.717, 1.165) is 18.5 Å². The molecule has 13 heavy (non-hydrogen) atoms. The first-order valence-corrected chi connectivity index (χ1v) is 5.69. The number of hydrogen-bond donors (Lipinski definition) is 1. The van der Waals surface area contributed by atoms with Crippen LogP contribution in [0.15, 0.2) is 5.38 Å². The highest BCUT2D eigenvalue weighted by molar-refractivity contribution is 7.09. The van der Waals surface area contributed by atoms with Gasteiger partial charge in [-0.2, -0.15) is 0 Å². The van der Waals surface area contributed by atoms with E-state index in [2.05, 4.69) is 24.2 Å². The molecule has 0 atom stereocenters. The summed E-state index contributed by atoms with van der Waals surface area (Å²) in [5, 5.41) is 3.31. The molecule has 0 radical (unpaired) electrons. The second kappa shape index (κ2) is 4.20. The van der Waals surface area contributed by atoms with Gasteiger partial charge < -0.3 is 5.73 Å². The SMILES string of the molecule is CCC(CC)(CN)c1nc(C)cs1. The van der Waals surface area contributed by atoms with E-state index in [0.29, 0.717) is 6.54 Å². The Morgan fingerprint density at radius 2 is 2.08 bits per heavy atom. The molecule has 0 aromatic carbocycles. The van der Waals surface area contributed by atoms with Gasteiger partial charge in [0.2, 0.25) is 0 Å². The molecule has 0 fully saturated rings. The van der Waals surface area contributed by atoms with E-state index in [1.807, 2.05) is 6.92 Å². The fourth-order valence-electron chi connectivity index (χ4n) is 1.53. The topological polar surface area (TPSA) is 38.9 Å². The second-order valence-electron chi connectivity index (χ2n) is 3.49. The third-order valence-corrected chi connectivity index (χ3v) is 4.02. The molecule has 2 nitrogen and oxygen atoms in total. The lowest BCUT2D eigenvalue weighted by molar-refractivity contribution is 0.404. The van der Waals surface area contributed by atoms with Crippen molar-refractivity contribution in [3.05, 3.63) is 16.1 Å². The Morgan fingerprint density at radius 1 is 1.46 bits per heavy atom. The molecule has 74 valence electrons. The second-order valence-corrected chi connectivity index (χ2v) is 4.34. The van der Waals surface area contributed by atoms with Crippen LogP contribution in [0.1, 0.15) is 37.4 Å². The molecule has 2 N–H and O–H groups in total. The van der Waals surface area contributed by atoms with Crippen LogP contribution < -0.4 is 5.73 Å². The summed E-state index contributed by atoms with van der Waals surface area (Å²) in [5.41, 5.74) is 7.07. The van der Waals surface area contributed by atoms with Crippen LogP contribution in [0.5, 0.6) is 0 Å². The van der Waals surface area contributed by atoms with Crippen LogP contribution in [-0.2, 0) is 5.41 Å². The monoisotopic (exact) mass is 198 g/mol. The highest BCUT2D eigenvalue weighted by Crippen LogP contribution is 2.32. The van der Waals surface area contributed by atoms with Crippen molar-refractivity contribution in [2.24, 2.45) is 5.73 Å². The van der Waals surface area contributed by atoms with Crippen LogP contribution in [0.4, 0.5) is 0 Å². The quantitative estimate of drug-likeness (QED) is 0.807. The number of aromatic nitrogens is 1. The van der Waals surface area contributed by atoms with Crippen molar-refractivity contribution >= 4 is 11.3 Å². The van der Waals surface area contributed by atoms with Gasteiger partial charge in [0.15, 0.2) is 0 Å². The lowest BCUT2D eigenvalue weighted by Gasteiger charge is -2.27. The van der Waals surface area contributed by atoms with Crippen LogP contribution >= 0.6 is 11.3 Å². The molecule has 0 amide bonds. The molecule has 0 aliphatic heterocycles. The lowest BCUT2D eigenvalue weighted by atomic mass is 9.83. The molecule has 0 saturated heterocycles. The highest BCUT2D eigenvalue weighted by atomic mass is 32.1. The molecule has 0 saturated carbocycles. The van der Waals surface area contributed by atoms with Gasteiger partial charge >= 0.3 is 0 Å². The Labute approximate surface area is 84.2 Å². The Hall–Kier alpha value is -0.410. The van der Waals surface area contributed by atoms with Crippen molar-refractivity contribution in [3.63, 3.8) is 0 Å². The van der Waals surface area contributed by atoms with E-state index in [9.17, 15) is 0 Å². The minimum atomic E-state index is 0.124. The van der Waals surface area contributed by atoms with Crippen LogP contribution in [-0.4, -0.2) is 11.5 Å². The Morgan fingerprint density at radius 3 is 2.38 bits per heavy atom. The van der Waals surface area contributed by atoms with Crippen molar-refractivity contribution in [3.8, 4) is 0 Å². The minimum absolute atomic E-state index is 0.124. The molecule has 3 heteroatoms. The number of nitrogens with zero attached hydrogens (tertiary/aromatic N) is 1. The molecule has 1 rings (SSSR count). The highest BCUT2D eigenvalue weighted by Gasteiger charge is 2.29. The van der Waals surface area contributed by atoms with Gasteiger partial charge in [-0.3, -0.25) is 0 Å². The van der Waals surface area contributed by atoms with Crippen LogP contribution in [0.3, 0.4) is 0 Å². The summed E-state index contributed by atoms with van der Waals surface area (Å²) in [7, 11) is 0. The number of rotatable bonds is 4. The number of hydrogen-bond acceptors (Lipinski definition) is 3. The van der Waals surface area contributed by atoms with E-state index in [4.69, 9.17) is 5.73 Å². The van der Waals surface area contributed by atoms with E-state index >= 15 is 0 Å². The Kier molecular flexibility index (Phi) is 3.45. The molecule has 0 unspecified atom stereocenters. The van der Waals surface area contributed by atoms with Crippen LogP contribution in [0.25, 0.3) is 0 Å². The normalized spacial score (nSPS) is 12.0. The average molecular weight is 198 g/mol. The zero-order chi connectivity index (χ0) is 9.90. The predicted octanol–water partition coefficient (Wildman–Crippen LogP) is 2.47. The van der Waals surface area contributed by atoms with Crippen LogP contribution in [0.2, 0.25) is 0 Å². The molecule has 1 heterocycles. The van der Waals surface area contributed by atoms with Gasteiger partial charge in [0.25, 0.3) is 0 Å². The fraction of sp³-hybridized carbons (Fsp3) is 0.700. The van der Waals surface area contributed by atoms with Gasteiger partial charge in [-0.25, -0.2) is 4.98 Å². The molecular formula is C10H18N2S. The molecule has 1 aromatic rings. The molecule has 0 spiro atoms. The van der Waals surface area contributed by atoms with Crippen molar-refractivity contribution in [1.29, 1.82) is 0 Å². The zero-order valence-electron chi connectivity index (χ0n) is 8.63. The Balaban J connectivity index is 3.00. The Bertz CT molecular complexity index is 255. The summed E-state index contributed by atoms with van der Waals surface area (Å²) in [6.45, 7) is 7.11. The molecular weight excluding hydrogens is 180 g/mol. The van der Waals surface area contributed by atoms with E-state index in [1.54, 1.807) is 11.3 Å². The summed E-state index contributed by atoms with van der Waals surface area (Å²) >= 11 is 1.74. The van der Waals surface area contributed by atoms with Crippen LogP contribution in [0, 0.1) is 6.92 Å². The van der Waals surface area contributed by atoms with Crippen molar-refractivity contribution in [2.75, 3.05) is 6.54 Å². The van der Waals surface area contributed by atoms with E-state index in [1.165, 1.54) is 5.01 Å². The predicted molar refractivity (Wildman–Crippen MR) is 58.2 cm³/mol. The van der Waals surface area contributed by atoms with Crippen molar-refractivity contribution in [2.45, 2.75) is 39.0 Å². The molecule has 0 bridgehead atoms. The number of aryl methyl sites for hydroxylation is 1. The summed E-state index contributed by atoms with van der Waals surface area (Å²) in [6, 6.07) is 0. The number of nitrogens with two attached hydrogens (primary N) is 1. The van der Waals surface area contributed by atoms with Gasteiger partial charge in [-0.1, -0.05) is 13.8 Å². The maximum atomic E-state index is 5.84. The first-order valence-electron chi connectivity index (χ1n) is 4.81. The fourth-order valence-corrected chi connectivity index (χ4v) is 2.68. The number of thiazole rings is 1. The maximum Gasteiger partial charge on any atom is 0.100 e. The largest absolute Gasteiger partial charge is 0.329 e. The summed E-state index contributed by atoms with van der Waals surface area (Å²) in [5.74, 6) is 0. The zero-order valence-corrected chi connectivity index (χ0v) is 9.45. The summed E-state index contributed by atoms with van der Waals surface area (Å²) < 4.78 is 0. The molecule has 1 aromatic heterocycles. The smallest absolute Gasteiger partial charge is 0.100 e. The average Bonchev–Trinajstić information content (AvgIpc) is 2.57. The third-order valence-electron chi connectivity index (χ3n) is 2.82. The van der Waals surface area contributed by atoms with Crippen molar-refractivity contribution in [1.82, 2.24) is 4.98 Å². The van der Waals surface area contributed by atoms with Gasteiger partial charge in [0, 0.05) is 23.0 Å². The first kappa shape index (κ1) is 10.7. The molecule has 0 aliphatic carbocycles. The summed E-state index contributed by atoms with van der Waals surface area (Å²) in [6.07, 6.45) is 2.15. The van der Waals surface area contributed by atoms with Gasteiger partial charge in [0.1, 0.15) is 5.01 Å². The van der Waals surface area contributed by atoms with E-state index < -0.39 is 0 Å². The maximum absolute atomic E-state index is 5.84. The van der Waals surface area contributed by atoms with E-state index in [-0.39, 0.29) is 5.41 Å². The standard InChI is InChI=1S/C10H18N2S/c1-4-10(5-2,7-11)9-12-8(3)6-13-9/h6H,4-5,7,11H2,1-3H3. The van der Waals surface area contributed by atoms with Crippen molar-refractivity contribution < 1.29 is 0 Å².